The van der Waals surface area contributed by atoms with Gasteiger partial charge >= 0.3 is 5.97 Å². The Morgan fingerprint density at radius 3 is 2.92 bits per heavy atom. The van der Waals surface area contributed by atoms with Gasteiger partial charge in [0.15, 0.2) is 0 Å². The number of aliphatic carboxylic acids is 1. The van der Waals surface area contributed by atoms with Gasteiger partial charge in [-0.1, -0.05) is 19.9 Å². The smallest absolute Gasteiger partial charge is 0.331 e. The summed E-state index contributed by atoms with van der Waals surface area (Å²) >= 11 is 0. The summed E-state index contributed by atoms with van der Waals surface area (Å²) in [5.41, 5.74) is 0.642. The highest BCUT2D eigenvalue weighted by molar-refractivity contribution is 5.87. The monoisotopic (exact) mass is 168 g/mol. The number of carboxylic acids is 1. The molecule has 0 bridgehead atoms. The molecule has 1 unspecified atom stereocenters. The molecule has 1 aliphatic carbocycles. The molecule has 0 aromatic heterocycles. The average Bonchev–Trinajstić information content (AvgIpc) is 2.33. The third-order valence-corrected chi connectivity index (χ3v) is 2.32. The van der Waals surface area contributed by atoms with Gasteiger partial charge in [-0.2, -0.15) is 0 Å². The molecule has 0 saturated carbocycles. The van der Waals surface area contributed by atoms with Crippen LogP contribution in [0.1, 0.15) is 33.1 Å². The number of hydrogen-bond donors (Lipinski definition) is 1. The molecule has 0 spiro atoms. The Balaban J connectivity index is 2.56. The van der Waals surface area contributed by atoms with Crippen molar-refractivity contribution in [3.8, 4) is 0 Å². The molecule has 1 rings (SSSR count). The lowest BCUT2D eigenvalue weighted by Crippen LogP contribution is -2.10. The lowest BCUT2D eigenvalue weighted by molar-refractivity contribution is -0.133. The van der Waals surface area contributed by atoms with Crippen molar-refractivity contribution in [2.24, 2.45) is 11.8 Å². The van der Waals surface area contributed by atoms with Crippen LogP contribution in [0.4, 0.5) is 0 Å². The quantitative estimate of drug-likeness (QED) is 0.702. The molecule has 68 valence electrons. The van der Waals surface area contributed by atoms with Gasteiger partial charge in [0.05, 0.1) is 0 Å². The van der Waals surface area contributed by atoms with Gasteiger partial charge in [-0.25, -0.2) is 4.79 Å². The normalized spacial score (nSPS) is 22.9. The number of carboxylic acid groups (broad SMARTS) is 1. The lowest BCUT2D eigenvalue weighted by Gasteiger charge is -2.13. The second-order valence-electron chi connectivity index (χ2n) is 3.87. The van der Waals surface area contributed by atoms with Crippen LogP contribution in [0.15, 0.2) is 11.6 Å². The SMILES string of the molecule is CC(C)CC1CCC=C1C(=O)O. The van der Waals surface area contributed by atoms with Crippen molar-refractivity contribution in [2.45, 2.75) is 33.1 Å². The fourth-order valence-electron chi connectivity index (χ4n) is 1.84. The Morgan fingerprint density at radius 1 is 1.75 bits per heavy atom. The zero-order chi connectivity index (χ0) is 9.14. The van der Waals surface area contributed by atoms with Crippen molar-refractivity contribution >= 4 is 5.97 Å². The van der Waals surface area contributed by atoms with E-state index in [9.17, 15) is 4.79 Å². The number of hydrogen-bond acceptors (Lipinski definition) is 1. The van der Waals surface area contributed by atoms with Crippen LogP contribution in [0, 0.1) is 11.8 Å². The molecule has 2 heteroatoms. The first-order valence-corrected chi connectivity index (χ1v) is 4.54. The number of rotatable bonds is 3. The number of allylic oxidation sites excluding steroid dienone is 1. The summed E-state index contributed by atoms with van der Waals surface area (Å²) < 4.78 is 0. The minimum atomic E-state index is -0.724. The summed E-state index contributed by atoms with van der Waals surface area (Å²) in [4.78, 5) is 10.7. The van der Waals surface area contributed by atoms with Gasteiger partial charge in [-0.15, -0.1) is 0 Å². The maximum absolute atomic E-state index is 10.7. The van der Waals surface area contributed by atoms with Gasteiger partial charge < -0.3 is 5.11 Å². The molecule has 12 heavy (non-hydrogen) atoms. The molecular formula is C10H16O2. The fraction of sp³-hybridized carbons (Fsp3) is 0.700. The molecule has 0 aromatic rings. The third-order valence-electron chi connectivity index (χ3n) is 2.32. The van der Waals surface area contributed by atoms with Crippen molar-refractivity contribution in [2.75, 3.05) is 0 Å². The van der Waals surface area contributed by atoms with Crippen LogP contribution < -0.4 is 0 Å². The van der Waals surface area contributed by atoms with E-state index in [0.717, 1.165) is 19.3 Å². The van der Waals surface area contributed by atoms with Crippen molar-refractivity contribution < 1.29 is 9.90 Å². The van der Waals surface area contributed by atoms with Crippen LogP contribution in [0.5, 0.6) is 0 Å². The van der Waals surface area contributed by atoms with Crippen LogP contribution in [0.3, 0.4) is 0 Å². The highest BCUT2D eigenvalue weighted by atomic mass is 16.4. The van der Waals surface area contributed by atoms with E-state index in [1.54, 1.807) is 0 Å². The first-order chi connectivity index (χ1) is 5.61. The van der Waals surface area contributed by atoms with Crippen LogP contribution >= 0.6 is 0 Å². The minimum Gasteiger partial charge on any atom is -0.478 e. The van der Waals surface area contributed by atoms with Gasteiger partial charge in [-0.05, 0) is 31.1 Å². The standard InChI is InChI=1S/C10H16O2/c1-7(2)6-8-4-3-5-9(8)10(11)12/h5,7-8H,3-4,6H2,1-2H3,(H,11,12). The predicted octanol–water partition coefficient (Wildman–Crippen LogP) is 2.45. The van der Waals surface area contributed by atoms with E-state index in [0.29, 0.717) is 17.4 Å². The summed E-state index contributed by atoms with van der Waals surface area (Å²) in [6, 6.07) is 0. The van der Waals surface area contributed by atoms with Crippen molar-refractivity contribution in [3.05, 3.63) is 11.6 Å². The summed E-state index contributed by atoms with van der Waals surface area (Å²) in [6.07, 6.45) is 4.85. The van der Waals surface area contributed by atoms with Crippen LogP contribution in [-0.4, -0.2) is 11.1 Å². The molecule has 0 heterocycles. The van der Waals surface area contributed by atoms with Gasteiger partial charge in [0.2, 0.25) is 0 Å². The van der Waals surface area contributed by atoms with E-state index in [2.05, 4.69) is 13.8 Å². The summed E-state index contributed by atoms with van der Waals surface area (Å²) in [6.45, 7) is 4.27. The highest BCUT2D eigenvalue weighted by Gasteiger charge is 2.24. The first kappa shape index (κ1) is 9.30. The summed E-state index contributed by atoms with van der Waals surface area (Å²) in [5, 5.41) is 8.83. The van der Waals surface area contributed by atoms with Gasteiger partial charge in [0, 0.05) is 5.57 Å². The Morgan fingerprint density at radius 2 is 2.42 bits per heavy atom. The predicted molar refractivity (Wildman–Crippen MR) is 47.9 cm³/mol. The van der Waals surface area contributed by atoms with Gasteiger partial charge in [-0.3, -0.25) is 0 Å². The van der Waals surface area contributed by atoms with Crippen molar-refractivity contribution in [1.29, 1.82) is 0 Å². The second kappa shape index (κ2) is 3.74. The zero-order valence-corrected chi connectivity index (χ0v) is 7.71. The van der Waals surface area contributed by atoms with E-state index >= 15 is 0 Å². The largest absolute Gasteiger partial charge is 0.478 e. The molecular weight excluding hydrogens is 152 g/mol. The third kappa shape index (κ3) is 2.10. The molecule has 0 radical (unpaired) electrons. The molecule has 1 N–H and O–H groups in total. The minimum absolute atomic E-state index is 0.308. The first-order valence-electron chi connectivity index (χ1n) is 4.54. The zero-order valence-electron chi connectivity index (χ0n) is 7.71. The van der Waals surface area contributed by atoms with E-state index in [-0.39, 0.29) is 0 Å². The Kier molecular flexibility index (Phi) is 2.90. The topological polar surface area (TPSA) is 37.3 Å². The second-order valence-corrected chi connectivity index (χ2v) is 3.87. The Hall–Kier alpha value is -0.790. The van der Waals surface area contributed by atoms with E-state index < -0.39 is 5.97 Å². The maximum atomic E-state index is 10.7. The molecule has 0 saturated heterocycles. The molecule has 1 aliphatic rings. The Bertz CT molecular complexity index is 204. The van der Waals surface area contributed by atoms with Crippen LogP contribution in [-0.2, 0) is 4.79 Å². The molecule has 0 fully saturated rings. The van der Waals surface area contributed by atoms with E-state index in [4.69, 9.17) is 5.11 Å². The molecule has 0 aromatic carbocycles. The highest BCUT2D eigenvalue weighted by Crippen LogP contribution is 2.31. The molecule has 0 aliphatic heterocycles. The average molecular weight is 168 g/mol. The van der Waals surface area contributed by atoms with Crippen molar-refractivity contribution in [3.63, 3.8) is 0 Å². The maximum Gasteiger partial charge on any atom is 0.331 e. The number of carbonyl (C=O) groups is 1. The van der Waals surface area contributed by atoms with E-state index in [1.807, 2.05) is 6.08 Å². The van der Waals surface area contributed by atoms with E-state index in [1.165, 1.54) is 0 Å². The van der Waals surface area contributed by atoms with Crippen molar-refractivity contribution in [1.82, 2.24) is 0 Å². The molecule has 0 amide bonds. The van der Waals surface area contributed by atoms with Crippen LogP contribution in [0.2, 0.25) is 0 Å². The Labute approximate surface area is 73.3 Å². The summed E-state index contributed by atoms with van der Waals surface area (Å²) in [7, 11) is 0. The summed E-state index contributed by atoms with van der Waals surface area (Å²) in [5.74, 6) is 0.177. The molecule has 2 nitrogen and oxygen atoms in total. The van der Waals surface area contributed by atoms with Gasteiger partial charge in [0.25, 0.3) is 0 Å². The fourth-order valence-corrected chi connectivity index (χ4v) is 1.84. The molecule has 1 atom stereocenters. The van der Waals surface area contributed by atoms with Crippen LogP contribution in [0.25, 0.3) is 0 Å². The van der Waals surface area contributed by atoms with Gasteiger partial charge in [0.1, 0.15) is 0 Å². The lowest BCUT2D eigenvalue weighted by atomic mass is 9.91.